The van der Waals surface area contributed by atoms with Crippen molar-refractivity contribution in [1.29, 1.82) is 0 Å². The van der Waals surface area contributed by atoms with Gasteiger partial charge in [0.2, 0.25) is 0 Å². The van der Waals surface area contributed by atoms with Crippen LogP contribution in [0.5, 0.6) is 0 Å². The van der Waals surface area contributed by atoms with Gasteiger partial charge in [-0.25, -0.2) is 4.79 Å². The van der Waals surface area contributed by atoms with E-state index in [0.717, 1.165) is 5.56 Å². The number of allylic oxidation sites excluding steroid dienone is 1. The zero-order valence-electron chi connectivity index (χ0n) is 11.1. The van der Waals surface area contributed by atoms with Gasteiger partial charge in [-0.15, -0.1) is 0 Å². The van der Waals surface area contributed by atoms with Crippen LogP contribution in [0.2, 0.25) is 0 Å². The molecule has 5 heteroatoms. The molecule has 100 valence electrons. The van der Waals surface area contributed by atoms with E-state index < -0.39 is 12.0 Å². The smallest absolute Gasteiger partial charge is 0.324 e. The molecule has 1 aromatic carbocycles. The van der Waals surface area contributed by atoms with Crippen molar-refractivity contribution < 1.29 is 14.7 Å². The van der Waals surface area contributed by atoms with Crippen LogP contribution < -0.4 is 5.11 Å². The van der Waals surface area contributed by atoms with E-state index in [1.807, 2.05) is 18.2 Å². The molecular weight excluding hydrogens is 244 g/mol. The molecule has 19 heavy (non-hydrogen) atoms. The van der Waals surface area contributed by atoms with Gasteiger partial charge in [0.1, 0.15) is 0 Å². The third kappa shape index (κ3) is 2.07. The molecule has 0 spiro atoms. The van der Waals surface area contributed by atoms with Crippen LogP contribution in [0.15, 0.2) is 41.6 Å². The molecule has 0 radical (unpaired) electrons. The Morgan fingerprint density at radius 3 is 2.32 bits per heavy atom. The van der Waals surface area contributed by atoms with Gasteiger partial charge in [0.15, 0.2) is 0 Å². The molecule has 0 bridgehead atoms. The van der Waals surface area contributed by atoms with Gasteiger partial charge < -0.3 is 19.7 Å². The largest absolute Gasteiger partial charge is 0.545 e. The van der Waals surface area contributed by atoms with Gasteiger partial charge in [0.25, 0.3) is 0 Å². The Kier molecular flexibility index (Phi) is 3.29. The van der Waals surface area contributed by atoms with E-state index in [1.54, 1.807) is 33.2 Å². The highest BCUT2D eigenvalue weighted by molar-refractivity contribution is 5.92. The predicted octanol–water partition coefficient (Wildman–Crippen LogP) is 0.749. The molecular formula is C14H15N2O3-. The van der Waals surface area contributed by atoms with Crippen LogP contribution in [0.25, 0.3) is 0 Å². The van der Waals surface area contributed by atoms with E-state index in [1.165, 1.54) is 9.80 Å². The molecule has 0 fully saturated rings. The summed E-state index contributed by atoms with van der Waals surface area (Å²) in [6.07, 6.45) is 0. The fourth-order valence-electron chi connectivity index (χ4n) is 2.35. The molecule has 2 rings (SSSR count). The van der Waals surface area contributed by atoms with Crippen molar-refractivity contribution in [2.24, 2.45) is 0 Å². The number of aliphatic carboxylic acids is 1. The maximum atomic E-state index is 12.1. The lowest BCUT2D eigenvalue weighted by molar-refractivity contribution is -0.300. The van der Waals surface area contributed by atoms with Gasteiger partial charge >= 0.3 is 6.03 Å². The summed E-state index contributed by atoms with van der Waals surface area (Å²) >= 11 is 0. The van der Waals surface area contributed by atoms with E-state index >= 15 is 0 Å². The van der Waals surface area contributed by atoms with E-state index in [9.17, 15) is 14.7 Å². The number of benzene rings is 1. The first-order chi connectivity index (χ1) is 8.95. The molecule has 1 atom stereocenters. The summed E-state index contributed by atoms with van der Waals surface area (Å²) in [5.74, 6) is -1.25. The molecule has 0 unspecified atom stereocenters. The Balaban J connectivity index is 2.62. The molecule has 0 N–H and O–H groups in total. The zero-order valence-corrected chi connectivity index (χ0v) is 11.1. The van der Waals surface area contributed by atoms with Crippen molar-refractivity contribution in [2.45, 2.75) is 13.0 Å². The highest BCUT2D eigenvalue weighted by atomic mass is 16.4. The third-order valence-electron chi connectivity index (χ3n) is 3.48. The minimum atomic E-state index is -1.25. The Bertz CT molecular complexity index is 551. The number of carbonyl (C=O) groups excluding carboxylic acids is 2. The van der Waals surface area contributed by atoms with Crippen molar-refractivity contribution in [1.82, 2.24) is 9.80 Å². The highest BCUT2D eigenvalue weighted by Crippen LogP contribution is 2.34. The minimum absolute atomic E-state index is 0.121. The van der Waals surface area contributed by atoms with Crippen molar-refractivity contribution in [2.75, 3.05) is 14.1 Å². The Hall–Kier alpha value is -2.30. The van der Waals surface area contributed by atoms with E-state index in [0.29, 0.717) is 5.70 Å². The van der Waals surface area contributed by atoms with E-state index in [-0.39, 0.29) is 11.6 Å². The van der Waals surface area contributed by atoms with Crippen LogP contribution in [-0.2, 0) is 4.79 Å². The number of urea groups is 1. The number of hydrogen-bond acceptors (Lipinski definition) is 3. The fraction of sp³-hybridized carbons (Fsp3) is 0.286. The number of amides is 2. The summed E-state index contributed by atoms with van der Waals surface area (Å²) in [6, 6.07) is 8.22. The number of likely N-dealkylation sites (N-methyl/N-ethyl adjacent to an activating group) is 1. The predicted molar refractivity (Wildman–Crippen MR) is 67.8 cm³/mol. The SMILES string of the molecule is CC1=C(C(=O)[O-])[C@H](c2ccccc2)N(C)C(=O)N1C. The van der Waals surface area contributed by atoms with Crippen molar-refractivity contribution in [3.8, 4) is 0 Å². The molecule has 1 aliphatic rings. The fourth-order valence-corrected chi connectivity index (χ4v) is 2.35. The quantitative estimate of drug-likeness (QED) is 0.787. The van der Waals surface area contributed by atoms with Crippen molar-refractivity contribution in [3.63, 3.8) is 0 Å². The summed E-state index contributed by atoms with van der Waals surface area (Å²) < 4.78 is 0. The van der Waals surface area contributed by atoms with Gasteiger partial charge in [-0.1, -0.05) is 30.3 Å². The van der Waals surface area contributed by atoms with Crippen LogP contribution in [-0.4, -0.2) is 35.9 Å². The van der Waals surface area contributed by atoms with Crippen molar-refractivity contribution in [3.05, 3.63) is 47.2 Å². The summed E-state index contributed by atoms with van der Waals surface area (Å²) in [5.41, 5.74) is 1.29. The Labute approximate surface area is 111 Å². The second-order valence-corrected chi connectivity index (χ2v) is 4.55. The summed E-state index contributed by atoms with van der Waals surface area (Å²) in [5, 5.41) is 11.4. The first kappa shape index (κ1) is 13.1. The third-order valence-corrected chi connectivity index (χ3v) is 3.48. The molecule has 1 aliphatic heterocycles. The molecule has 1 aromatic rings. The Morgan fingerprint density at radius 2 is 1.79 bits per heavy atom. The van der Waals surface area contributed by atoms with Crippen LogP contribution >= 0.6 is 0 Å². The highest BCUT2D eigenvalue weighted by Gasteiger charge is 2.35. The van der Waals surface area contributed by atoms with Crippen LogP contribution in [0.4, 0.5) is 4.79 Å². The van der Waals surface area contributed by atoms with Gasteiger partial charge in [-0.2, -0.15) is 0 Å². The first-order valence-electron chi connectivity index (χ1n) is 5.92. The first-order valence-corrected chi connectivity index (χ1v) is 5.92. The minimum Gasteiger partial charge on any atom is -0.545 e. The van der Waals surface area contributed by atoms with Crippen LogP contribution in [0.1, 0.15) is 18.5 Å². The molecule has 0 saturated carbocycles. The average molecular weight is 259 g/mol. The van der Waals surface area contributed by atoms with Gasteiger partial charge in [0, 0.05) is 25.4 Å². The summed E-state index contributed by atoms with van der Waals surface area (Å²) in [4.78, 5) is 26.2. The second kappa shape index (κ2) is 4.76. The van der Waals surface area contributed by atoms with Gasteiger partial charge in [0.05, 0.1) is 12.0 Å². The maximum Gasteiger partial charge on any atom is 0.324 e. The van der Waals surface area contributed by atoms with Gasteiger partial charge in [-0.3, -0.25) is 0 Å². The number of nitrogens with zero attached hydrogens (tertiary/aromatic N) is 2. The van der Waals surface area contributed by atoms with Gasteiger partial charge in [-0.05, 0) is 12.5 Å². The monoisotopic (exact) mass is 259 g/mol. The number of carboxylic acids is 1. The van der Waals surface area contributed by atoms with Crippen molar-refractivity contribution >= 4 is 12.0 Å². The number of carboxylic acid groups (broad SMARTS) is 1. The molecule has 0 aliphatic carbocycles. The summed E-state index contributed by atoms with van der Waals surface area (Å²) in [6.45, 7) is 1.62. The van der Waals surface area contributed by atoms with E-state index in [4.69, 9.17) is 0 Å². The number of carbonyl (C=O) groups is 2. The molecule has 2 amide bonds. The molecule has 0 aromatic heterocycles. The topological polar surface area (TPSA) is 63.7 Å². The standard InChI is InChI=1S/C14H16N2O3/c1-9-11(13(17)18)12(10-7-5-4-6-8-10)16(3)14(19)15(9)2/h4-8,12H,1-3H3,(H,17,18)/p-1/t12-/m0/s1. The normalized spacial score (nSPS) is 19.9. The van der Waals surface area contributed by atoms with E-state index in [2.05, 4.69) is 0 Å². The zero-order chi connectivity index (χ0) is 14.2. The van der Waals surface area contributed by atoms with Crippen LogP contribution in [0.3, 0.4) is 0 Å². The molecule has 0 saturated heterocycles. The number of hydrogen-bond donors (Lipinski definition) is 0. The lowest BCUT2D eigenvalue weighted by Crippen LogP contribution is -2.49. The van der Waals surface area contributed by atoms with Crippen LogP contribution in [0, 0.1) is 0 Å². The Morgan fingerprint density at radius 1 is 1.21 bits per heavy atom. The number of rotatable bonds is 2. The molecule has 5 nitrogen and oxygen atoms in total. The second-order valence-electron chi connectivity index (χ2n) is 4.55. The average Bonchev–Trinajstić information content (AvgIpc) is 2.40. The lowest BCUT2D eigenvalue weighted by Gasteiger charge is -2.40. The maximum absolute atomic E-state index is 12.1. The lowest BCUT2D eigenvalue weighted by atomic mass is 9.94. The summed E-state index contributed by atoms with van der Waals surface area (Å²) in [7, 11) is 3.14. The molecule has 1 heterocycles.